The van der Waals surface area contributed by atoms with Crippen molar-refractivity contribution in [3.8, 4) is 5.75 Å². The summed E-state index contributed by atoms with van der Waals surface area (Å²) in [5, 5.41) is 9.90. The highest BCUT2D eigenvalue weighted by molar-refractivity contribution is 5.85. The molecule has 2 aromatic rings. The second-order valence-corrected chi connectivity index (χ2v) is 4.90. The first-order valence-corrected chi connectivity index (χ1v) is 6.81. The summed E-state index contributed by atoms with van der Waals surface area (Å²) in [4.78, 5) is 6.60. The van der Waals surface area contributed by atoms with Crippen molar-refractivity contribution < 1.29 is 5.11 Å². The maximum Gasteiger partial charge on any atom is 0.138 e. The number of aromatic nitrogens is 1. The summed E-state index contributed by atoms with van der Waals surface area (Å²) < 4.78 is 0. The number of nitrogens with zero attached hydrogens (tertiary/aromatic N) is 2. The van der Waals surface area contributed by atoms with E-state index in [1.165, 1.54) is 5.56 Å². The zero-order valence-corrected chi connectivity index (χ0v) is 13.0. The SMILES string of the molecule is Cc1ccc(O)c(CN(CCN)Cc2ccccc2)n1.Cl. The fraction of sp³-hybridized carbons (Fsp3) is 0.312. The average Bonchev–Trinajstić information content (AvgIpc) is 2.44. The molecule has 0 unspecified atom stereocenters. The zero-order valence-electron chi connectivity index (χ0n) is 12.2. The molecule has 0 saturated carbocycles. The van der Waals surface area contributed by atoms with Crippen LogP contribution in [0.2, 0.25) is 0 Å². The monoisotopic (exact) mass is 307 g/mol. The molecule has 0 atom stereocenters. The van der Waals surface area contributed by atoms with E-state index < -0.39 is 0 Å². The molecule has 1 aromatic heterocycles. The largest absolute Gasteiger partial charge is 0.506 e. The molecule has 0 radical (unpaired) electrons. The molecule has 0 aliphatic carbocycles. The fourth-order valence-electron chi connectivity index (χ4n) is 2.17. The van der Waals surface area contributed by atoms with Crippen molar-refractivity contribution in [2.75, 3.05) is 13.1 Å². The Morgan fingerprint density at radius 1 is 1.10 bits per heavy atom. The molecule has 0 fully saturated rings. The van der Waals surface area contributed by atoms with Gasteiger partial charge in [-0.15, -0.1) is 12.4 Å². The predicted molar refractivity (Wildman–Crippen MR) is 87.5 cm³/mol. The van der Waals surface area contributed by atoms with E-state index in [1.807, 2.05) is 31.2 Å². The number of pyridine rings is 1. The lowest BCUT2D eigenvalue weighted by molar-refractivity contribution is 0.257. The highest BCUT2D eigenvalue weighted by atomic mass is 35.5. The number of aryl methyl sites for hydroxylation is 1. The molecule has 0 bridgehead atoms. The summed E-state index contributed by atoms with van der Waals surface area (Å²) in [5.41, 5.74) is 8.52. The van der Waals surface area contributed by atoms with Crippen LogP contribution >= 0.6 is 12.4 Å². The molecule has 1 aromatic carbocycles. The van der Waals surface area contributed by atoms with Crippen LogP contribution < -0.4 is 5.73 Å². The first-order chi connectivity index (χ1) is 9.69. The molecule has 1 heterocycles. The van der Waals surface area contributed by atoms with Crippen molar-refractivity contribution in [1.82, 2.24) is 9.88 Å². The van der Waals surface area contributed by atoms with E-state index in [-0.39, 0.29) is 18.2 Å². The molecule has 0 amide bonds. The Morgan fingerprint density at radius 3 is 2.48 bits per heavy atom. The third-order valence-electron chi connectivity index (χ3n) is 3.16. The summed E-state index contributed by atoms with van der Waals surface area (Å²) in [7, 11) is 0. The van der Waals surface area contributed by atoms with Crippen LogP contribution in [-0.2, 0) is 13.1 Å². The van der Waals surface area contributed by atoms with Gasteiger partial charge in [0, 0.05) is 31.9 Å². The minimum atomic E-state index is 0. The van der Waals surface area contributed by atoms with Crippen LogP contribution in [0.15, 0.2) is 42.5 Å². The number of benzene rings is 1. The Hall–Kier alpha value is -1.62. The maximum atomic E-state index is 9.90. The van der Waals surface area contributed by atoms with E-state index in [4.69, 9.17) is 5.73 Å². The number of hydrogen-bond acceptors (Lipinski definition) is 4. The fourth-order valence-corrected chi connectivity index (χ4v) is 2.17. The van der Waals surface area contributed by atoms with Gasteiger partial charge in [0.15, 0.2) is 0 Å². The van der Waals surface area contributed by atoms with Gasteiger partial charge in [0.1, 0.15) is 5.75 Å². The molecule has 2 rings (SSSR count). The van der Waals surface area contributed by atoms with Gasteiger partial charge in [-0.1, -0.05) is 30.3 Å². The third-order valence-corrected chi connectivity index (χ3v) is 3.16. The van der Waals surface area contributed by atoms with Crippen LogP contribution in [0.1, 0.15) is 17.0 Å². The second kappa shape index (κ2) is 8.62. The lowest BCUT2D eigenvalue weighted by atomic mass is 10.2. The smallest absolute Gasteiger partial charge is 0.138 e. The lowest BCUT2D eigenvalue weighted by Crippen LogP contribution is -2.29. The molecule has 0 aliphatic heterocycles. The molecule has 21 heavy (non-hydrogen) atoms. The van der Waals surface area contributed by atoms with Crippen molar-refractivity contribution in [1.29, 1.82) is 0 Å². The topological polar surface area (TPSA) is 62.4 Å². The predicted octanol–water partition coefficient (Wildman–Crippen LogP) is 2.48. The van der Waals surface area contributed by atoms with Crippen LogP contribution in [0.25, 0.3) is 0 Å². The van der Waals surface area contributed by atoms with Crippen molar-refractivity contribution in [3.05, 3.63) is 59.4 Å². The van der Waals surface area contributed by atoms with Gasteiger partial charge in [-0.3, -0.25) is 9.88 Å². The van der Waals surface area contributed by atoms with Crippen LogP contribution in [-0.4, -0.2) is 28.1 Å². The molecular weight excluding hydrogens is 286 g/mol. The molecule has 114 valence electrons. The van der Waals surface area contributed by atoms with Gasteiger partial charge in [0.05, 0.1) is 5.69 Å². The molecule has 0 spiro atoms. The Labute approximate surface area is 132 Å². The van der Waals surface area contributed by atoms with E-state index in [1.54, 1.807) is 6.07 Å². The Morgan fingerprint density at radius 2 is 1.81 bits per heavy atom. The minimum absolute atomic E-state index is 0. The van der Waals surface area contributed by atoms with E-state index in [0.717, 1.165) is 18.8 Å². The normalized spacial score (nSPS) is 10.4. The van der Waals surface area contributed by atoms with Crippen LogP contribution in [0.4, 0.5) is 0 Å². The summed E-state index contributed by atoms with van der Waals surface area (Å²) in [6, 6.07) is 13.7. The van der Waals surface area contributed by atoms with Gasteiger partial charge in [0.2, 0.25) is 0 Å². The number of halogens is 1. The molecule has 4 nitrogen and oxygen atoms in total. The molecule has 0 aliphatic rings. The van der Waals surface area contributed by atoms with E-state index in [9.17, 15) is 5.11 Å². The Bertz CT molecular complexity index is 548. The van der Waals surface area contributed by atoms with Crippen molar-refractivity contribution >= 4 is 12.4 Å². The molecule has 0 saturated heterocycles. The number of aromatic hydroxyl groups is 1. The van der Waals surface area contributed by atoms with Crippen LogP contribution in [0.3, 0.4) is 0 Å². The van der Waals surface area contributed by atoms with Crippen LogP contribution in [0, 0.1) is 6.92 Å². The summed E-state index contributed by atoms with van der Waals surface area (Å²) in [5.74, 6) is 0.241. The molecular formula is C16H22ClN3O. The van der Waals surface area contributed by atoms with Crippen molar-refractivity contribution in [2.24, 2.45) is 5.73 Å². The van der Waals surface area contributed by atoms with Crippen molar-refractivity contribution in [3.63, 3.8) is 0 Å². The van der Waals surface area contributed by atoms with E-state index in [2.05, 4.69) is 22.0 Å². The number of nitrogens with two attached hydrogens (primary N) is 1. The van der Waals surface area contributed by atoms with Gasteiger partial charge < -0.3 is 10.8 Å². The lowest BCUT2D eigenvalue weighted by Gasteiger charge is -2.21. The molecule has 3 N–H and O–H groups in total. The summed E-state index contributed by atoms with van der Waals surface area (Å²) >= 11 is 0. The van der Waals surface area contributed by atoms with Gasteiger partial charge in [-0.25, -0.2) is 0 Å². The van der Waals surface area contributed by atoms with Gasteiger partial charge in [-0.05, 0) is 24.6 Å². The van der Waals surface area contributed by atoms with Crippen molar-refractivity contribution in [2.45, 2.75) is 20.0 Å². The third kappa shape index (κ3) is 5.34. The first-order valence-electron chi connectivity index (χ1n) is 6.81. The van der Waals surface area contributed by atoms with Gasteiger partial charge >= 0.3 is 0 Å². The zero-order chi connectivity index (χ0) is 14.4. The van der Waals surface area contributed by atoms with E-state index >= 15 is 0 Å². The summed E-state index contributed by atoms with van der Waals surface area (Å²) in [6.45, 7) is 4.67. The van der Waals surface area contributed by atoms with Gasteiger partial charge in [0.25, 0.3) is 0 Å². The second-order valence-electron chi connectivity index (χ2n) is 4.90. The number of rotatable bonds is 6. The maximum absolute atomic E-state index is 9.90. The highest BCUT2D eigenvalue weighted by Crippen LogP contribution is 2.17. The summed E-state index contributed by atoms with van der Waals surface area (Å²) in [6.07, 6.45) is 0. The quantitative estimate of drug-likeness (QED) is 0.860. The highest BCUT2D eigenvalue weighted by Gasteiger charge is 2.10. The average molecular weight is 308 g/mol. The standard InChI is InChI=1S/C16H21N3O.ClH/c1-13-7-8-16(20)15(18-13)12-19(10-9-17)11-14-5-3-2-4-6-14;/h2-8,20H,9-12,17H2,1H3;1H. The minimum Gasteiger partial charge on any atom is -0.506 e. The van der Waals surface area contributed by atoms with Crippen LogP contribution in [0.5, 0.6) is 5.75 Å². The molecule has 5 heteroatoms. The number of hydrogen-bond donors (Lipinski definition) is 2. The Balaban J connectivity index is 0.00000220. The Kier molecular flexibility index (Phi) is 7.15. The van der Waals surface area contributed by atoms with E-state index in [0.29, 0.717) is 18.8 Å². The van der Waals surface area contributed by atoms with Gasteiger partial charge in [-0.2, -0.15) is 0 Å². The first kappa shape index (κ1) is 17.4.